The van der Waals surface area contributed by atoms with Gasteiger partial charge in [-0.3, -0.25) is 4.79 Å². The Kier molecular flexibility index (Phi) is 6.15. The second kappa shape index (κ2) is 7.38. The van der Waals surface area contributed by atoms with Crippen LogP contribution in [0.4, 0.5) is 4.39 Å². The van der Waals surface area contributed by atoms with Crippen molar-refractivity contribution < 1.29 is 14.3 Å². The second-order valence-corrected chi connectivity index (χ2v) is 4.98. The molecular weight excluding hydrogens is 253 g/mol. The molecule has 0 fully saturated rings. The normalized spacial score (nSPS) is 12.2. The molecule has 0 aliphatic heterocycles. The van der Waals surface area contributed by atoms with Crippen molar-refractivity contribution in [3.63, 3.8) is 0 Å². The number of carbonyl (C=O) groups is 1. The number of halogens is 1. The van der Waals surface area contributed by atoms with Gasteiger partial charge in [-0.2, -0.15) is 0 Å². The van der Waals surface area contributed by atoms with Gasteiger partial charge in [0.2, 0.25) is 5.91 Å². The minimum absolute atomic E-state index is 0.0809. The predicted molar refractivity (Wildman–Crippen MR) is 71.1 cm³/mol. The summed E-state index contributed by atoms with van der Waals surface area (Å²) in [4.78, 5) is 12.1. The summed E-state index contributed by atoms with van der Waals surface area (Å²) in [6.45, 7) is 4.14. The molecule has 0 unspecified atom stereocenters. The van der Waals surface area contributed by atoms with E-state index in [1.807, 2.05) is 6.92 Å². The summed E-state index contributed by atoms with van der Waals surface area (Å²) in [5, 5.41) is 12.3. The minimum Gasteiger partial charge on any atom is -0.389 e. The van der Waals surface area contributed by atoms with E-state index in [0.29, 0.717) is 11.4 Å². The van der Waals surface area contributed by atoms with Crippen molar-refractivity contribution in [1.82, 2.24) is 5.32 Å². The highest BCUT2D eigenvalue weighted by Gasteiger charge is 2.14. The fraction of sp³-hybridized carbons (Fsp3) is 0.462. The Morgan fingerprint density at radius 2 is 2.28 bits per heavy atom. The summed E-state index contributed by atoms with van der Waals surface area (Å²) >= 11 is 1.24. The first-order valence-corrected chi connectivity index (χ1v) is 6.90. The molecule has 0 saturated heterocycles. The van der Waals surface area contributed by atoms with Gasteiger partial charge >= 0.3 is 0 Å². The van der Waals surface area contributed by atoms with Gasteiger partial charge in [0.15, 0.2) is 0 Å². The summed E-state index contributed by atoms with van der Waals surface area (Å²) in [5.41, 5.74) is 0.255. The molecule has 5 heteroatoms. The van der Waals surface area contributed by atoms with Crippen molar-refractivity contribution in [2.45, 2.75) is 31.3 Å². The quantitative estimate of drug-likeness (QED) is 0.782. The molecule has 3 nitrogen and oxygen atoms in total. The molecule has 0 radical (unpaired) electrons. The van der Waals surface area contributed by atoms with Crippen LogP contribution in [0.3, 0.4) is 0 Å². The number of hydrogen-bond donors (Lipinski definition) is 2. The monoisotopic (exact) mass is 271 g/mol. The average molecular weight is 271 g/mol. The predicted octanol–water partition coefficient (Wildman–Crippen LogP) is 2.50. The Hall–Kier alpha value is -1.07. The molecule has 1 amide bonds. The topological polar surface area (TPSA) is 49.3 Å². The molecule has 1 aromatic carbocycles. The molecular formula is C13H18FNO2S. The molecule has 2 N–H and O–H groups in total. The van der Waals surface area contributed by atoms with E-state index in [2.05, 4.69) is 5.32 Å². The van der Waals surface area contributed by atoms with Crippen LogP contribution in [-0.2, 0) is 4.79 Å². The van der Waals surface area contributed by atoms with E-state index in [1.54, 1.807) is 12.1 Å². The zero-order valence-corrected chi connectivity index (χ0v) is 11.4. The van der Waals surface area contributed by atoms with E-state index in [1.165, 1.54) is 24.8 Å². The van der Waals surface area contributed by atoms with Crippen molar-refractivity contribution in [2.75, 3.05) is 12.3 Å². The molecule has 0 aromatic heterocycles. The van der Waals surface area contributed by atoms with Crippen molar-refractivity contribution in [1.29, 1.82) is 0 Å². The number of aliphatic hydroxyl groups is 1. The molecule has 0 bridgehead atoms. The van der Waals surface area contributed by atoms with Crippen LogP contribution in [-0.4, -0.2) is 23.3 Å². The van der Waals surface area contributed by atoms with Crippen LogP contribution in [0, 0.1) is 5.82 Å². The summed E-state index contributed by atoms with van der Waals surface area (Å²) in [6.07, 6.45) is 0.00219. The lowest BCUT2D eigenvalue weighted by atomic mass is 10.1. The summed E-state index contributed by atoms with van der Waals surface area (Å²) < 4.78 is 13.6. The summed E-state index contributed by atoms with van der Waals surface area (Å²) in [5.74, 6) is -0.296. The third-order valence-corrected chi connectivity index (χ3v) is 3.44. The van der Waals surface area contributed by atoms with E-state index >= 15 is 0 Å². The van der Waals surface area contributed by atoms with Crippen LogP contribution >= 0.6 is 11.8 Å². The van der Waals surface area contributed by atoms with Crippen LogP contribution in [0.15, 0.2) is 23.1 Å². The number of aliphatic hydroxyl groups excluding tert-OH is 1. The maximum atomic E-state index is 13.6. The summed E-state index contributed by atoms with van der Waals surface area (Å²) in [6, 6.07) is 4.60. The molecule has 100 valence electrons. The van der Waals surface area contributed by atoms with Crippen molar-refractivity contribution >= 4 is 17.7 Å². The third-order valence-electron chi connectivity index (χ3n) is 2.36. The number of amides is 1. The van der Waals surface area contributed by atoms with E-state index in [4.69, 9.17) is 0 Å². The molecule has 1 atom stereocenters. The van der Waals surface area contributed by atoms with Crippen LogP contribution in [0.25, 0.3) is 0 Å². The number of hydrogen-bond acceptors (Lipinski definition) is 3. The van der Waals surface area contributed by atoms with Crippen molar-refractivity contribution in [3.05, 3.63) is 29.6 Å². The van der Waals surface area contributed by atoms with E-state index < -0.39 is 11.9 Å². The van der Waals surface area contributed by atoms with Gasteiger partial charge in [-0.25, -0.2) is 4.39 Å². The van der Waals surface area contributed by atoms with Crippen LogP contribution in [0.5, 0.6) is 0 Å². The SMILES string of the molecule is CCCNC(=O)CSc1cccc(F)c1[C@H](C)O. The maximum absolute atomic E-state index is 13.6. The molecule has 0 saturated carbocycles. The molecule has 1 aromatic rings. The molecule has 0 aliphatic rings. The fourth-order valence-electron chi connectivity index (χ4n) is 1.51. The molecule has 18 heavy (non-hydrogen) atoms. The lowest BCUT2D eigenvalue weighted by molar-refractivity contribution is -0.118. The highest BCUT2D eigenvalue weighted by Crippen LogP contribution is 2.29. The van der Waals surface area contributed by atoms with Crippen molar-refractivity contribution in [2.24, 2.45) is 0 Å². The molecule has 0 heterocycles. The zero-order valence-electron chi connectivity index (χ0n) is 10.6. The molecule has 0 spiro atoms. The smallest absolute Gasteiger partial charge is 0.230 e. The number of nitrogens with one attached hydrogen (secondary N) is 1. The molecule has 1 rings (SSSR count). The van der Waals surface area contributed by atoms with Crippen LogP contribution in [0.1, 0.15) is 31.9 Å². The first-order chi connectivity index (χ1) is 8.56. The van der Waals surface area contributed by atoms with Gasteiger partial charge in [0, 0.05) is 17.0 Å². The van der Waals surface area contributed by atoms with Gasteiger partial charge in [0.25, 0.3) is 0 Å². The van der Waals surface area contributed by atoms with Gasteiger partial charge in [0.05, 0.1) is 11.9 Å². The third kappa shape index (κ3) is 4.31. The van der Waals surface area contributed by atoms with Gasteiger partial charge in [-0.1, -0.05) is 13.0 Å². The number of rotatable bonds is 6. The highest BCUT2D eigenvalue weighted by atomic mass is 32.2. The van der Waals surface area contributed by atoms with Gasteiger partial charge in [-0.05, 0) is 25.5 Å². The van der Waals surface area contributed by atoms with Crippen LogP contribution < -0.4 is 5.32 Å². The first-order valence-electron chi connectivity index (χ1n) is 5.92. The van der Waals surface area contributed by atoms with E-state index in [0.717, 1.165) is 6.42 Å². The minimum atomic E-state index is -0.882. The average Bonchev–Trinajstić information content (AvgIpc) is 2.33. The number of benzene rings is 1. The van der Waals surface area contributed by atoms with Gasteiger partial charge < -0.3 is 10.4 Å². The zero-order chi connectivity index (χ0) is 13.5. The Morgan fingerprint density at radius 1 is 1.56 bits per heavy atom. The number of carbonyl (C=O) groups excluding carboxylic acids is 1. The largest absolute Gasteiger partial charge is 0.389 e. The van der Waals surface area contributed by atoms with Gasteiger partial charge in [0.1, 0.15) is 5.82 Å². The Balaban J connectivity index is 2.67. The van der Waals surface area contributed by atoms with E-state index in [-0.39, 0.29) is 17.2 Å². The Bertz CT molecular complexity index is 410. The van der Waals surface area contributed by atoms with Gasteiger partial charge in [-0.15, -0.1) is 11.8 Å². The molecule has 0 aliphatic carbocycles. The first kappa shape index (κ1) is 15.0. The van der Waals surface area contributed by atoms with E-state index in [9.17, 15) is 14.3 Å². The number of thioether (sulfide) groups is 1. The maximum Gasteiger partial charge on any atom is 0.230 e. The highest BCUT2D eigenvalue weighted by molar-refractivity contribution is 8.00. The van der Waals surface area contributed by atoms with Crippen molar-refractivity contribution in [3.8, 4) is 0 Å². The fourth-order valence-corrected chi connectivity index (χ4v) is 2.49. The second-order valence-electron chi connectivity index (χ2n) is 3.97. The lowest BCUT2D eigenvalue weighted by Crippen LogP contribution is -2.25. The van der Waals surface area contributed by atoms with Crippen LogP contribution in [0.2, 0.25) is 0 Å². The Labute approximate surface area is 111 Å². The standard InChI is InChI=1S/C13H18FNO2S/c1-3-7-15-12(17)8-18-11-6-4-5-10(14)13(11)9(2)16/h4-6,9,16H,3,7-8H2,1-2H3,(H,15,17)/t9-/m0/s1. The lowest BCUT2D eigenvalue weighted by Gasteiger charge is -2.12. The summed E-state index contributed by atoms with van der Waals surface area (Å²) in [7, 11) is 0. The Morgan fingerprint density at radius 3 is 2.89 bits per heavy atom.